The van der Waals surface area contributed by atoms with Gasteiger partial charge in [-0.25, -0.2) is 4.39 Å². The van der Waals surface area contributed by atoms with Crippen molar-refractivity contribution in [1.29, 1.82) is 0 Å². The molecular weight excluding hydrogens is 279 g/mol. The van der Waals surface area contributed by atoms with Crippen LogP contribution in [0, 0.1) is 5.82 Å². The van der Waals surface area contributed by atoms with E-state index < -0.39 is 11.8 Å². The summed E-state index contributed by atoms with van der Waals surface area (Å²) in [5, 5.41) is 8.67. The Balaban J connectivity index is 2.14. The first-order valence-corrected chi connectivity index (χ1v) is 6.72. The molecule has 0 aromatic heterocycles. The van der Waals surface area contributed by atoms with Crippen LogP contribution in [0.2, 0.25) is 0 Å². The van der Waals surface area contributed by atoms with E-state index in [9.17, 15) is 9.18 Å². The second-order valence-electron chi connectivity index (χ2n) is 4.11. The normalized spacial score (nSPS) is 10.3. The van der Waals surface area contributed by atoms with Crippen LogP contribution < -0.4 is 4.74 Å². The SMILES string of the molecule is COc1ccc(Sc2ccc(CC(=O)O)cc2F)cc1. The van der Waals surface area contributed by atoms with Gasteiger partial charge in [0.25, 0.3) is 0 Å². The van der Waals surface area contributed by atoms with Crippen molar-refractivity contribution in [3.05, 3.63) is 53.8 Å². The minimum atomic E-state index is -0.972. The van der Waals surface area contributed by atoms with Crippen molar-refractivity contribution in [2.24, 2.45) is 0 Å². The maximum absolute atomic E-state index is 13.9. The maximum Gasteiger partial charge on any atom is 0.307 e. The summed E-state index contributed by atoms with van der Waals surface area (Å²) in [6, 6.07) is 11.8. The molecular formula is C15H13FO3S. The summed E-state index contributed by atoms with van der Waals surface area (Å²) < 4.78 is 19.0. The summed E-state index contributed by atoms with van der Waals surface area (Å²) in [7, 11) is 1.59. The zero-order chi connectivity index (χ0) is 14.5. The number of ether oxygens (including phenoxy) is 1. The van der Waals surface area contributed by atoms with E-state index in [-0.39, 0.29) is 6.42 Å². The number of hydrogen-bond acceptors (Lipinski definition) is 3. The Morgan fingerprint density at radius 2 is 1.95 bits per heavy atom. The van der Waals surface area contributed by atoms with Crippen molar-refractivity contribution in [1.82, 2.24) is 0 Å². The summed E-state index contributed by atoms with van der Waals surface area (Å²) in [5.41, 5.74) is 0.453. The second kappa shape index (κ2) is 6.43. The van der Waals surface area contributed by atoms with Crippen molar-refractivity contribution in [2.75, 3.05) is 7.11 Å². The molecule has 0 atom stereocenters. The van der Waals surface area contributed by atoms with Crippen LogP contribution in [0.15, 0.2) is 52.3 Å². The lowest BCUT2D eigenvalue weighted by Crippen LogP contribution is -2.00. The Labute approximate surface area is 120 Å². The lowest BCUT2D eigenvalue weighted by atomic mass is 10.1. The van der Waals surface area contributed by atoms with Crippen molar-refractivity contribution in [3.63, 3.8) is 0 Å². The molecule has 0 fully saturated rings. The van der Waals surface area contributed by atoms with Gasteiger partial charge in [-0.3, -0.25) is 4.79 Å². The molecule has 0 radical (unpaired) electrons. The molecule has 0 saturated carbocycles. The average molecular weight is 292 g/mol. The molecule has 0 bridgehead atoms. The summed E-state index contributed by atoms with van der Waals surface area (Å²) in [6.45, 7) is 0. The monoisotopic (exact) mass is 292 g/mol. The third-order valence-electron chi connectivity index (χ3n) is 2.64. The van der Waals surface area contributed by atoms with Gasteiger partial charge < -0.3 is 9.84 Å². The Kier molecular flexibility index (Phi) is 4.63. The zero-order valence-corrected chi connectivity index (χ0v) is 11.6. The number of benzene rings is 2. The van der Waals surface area contributed by atoms with E-state index in [1.165, 1.54) is 17.8 Å². The van der Waals surface area contributed by atoms with Crippen LogP contribution in [-0.2, 0) is 11.2 Å². The van der Waals surface area contributed by atoms with E-state index in [2.05, 4.69) is 0 Å². The predicted octanol–water partition coefficient (Wildman–Crippen LogP) is 3.61. The first-order valence-electron chi connectivity index (χ1n) is 5.90. The smallest absolute Gasteiger partial charge is 0.307 e. The number of aliphatic carboxylic acids is 1. The summed E-state index contributed by atoms with van der Waals surface area (Å²) in [4.78, 5) is 11.9. The molecule has 20 heavy (non-hydrogen) atoms. The van der Waals surface area contributed by atoms with Crippen molar-refractivity contribution in [3.8, 4) is 5.75 Å². The number of carbonyl (C=O) groups is 1. The molecule has 0 unspecified atom stereocenters. The van der Waals surface area contributed by atoms with E-state index in [0.29, 0.717) is 10.5 Å². The highest BCUT2D eigenvalue weighted by molar-refractivity contribution is 7.99. The molecule has 0 aliphatic carbocycles. The largest absolute Gasteiger partial charge is 0.497 e. The molecule has 104 valence electrons. The van der Waals surface area contributed by atoms with Gasteiger partial charge in [-0.05, 0) is 42.0 Å². The summed E-state index contributed by atoms with van der Waals surface area (Å²) in [6.07, 6.45) is -0.176. The summed E-state index contributed by atoms with van der Waals surface area (Å²) >= 11 is 1.28. The lowest BCUT2D eigenvalue weighted by Gasteiger charge is -2.06. The topological polar surface area (TPSA) is 46.5 Å². The van der Waals surface area contributed by atoms with Gasteiger partial charge in [-0.1, -0.05) is 17.8 Å². The third kappa shape index (κ3) is 3.74. The van der Waals surface area contributed by atoms with Crippen molar-refractivity contribution >= 4 is 17.7 Å². The number of carboxylic acid groups (broad SMARTS) is 1. The first kappa shape index (κ1) is 14.4. The quantitative estimate of drug-likeness (QED) is 0.914. The Morgan fingerprint density at radius 3 is 2.50 bits per heavy atom. The van der Waals surface area contributed by atoms with Gasteiger partial charge in [-0.15, -0.1) is 0 Å². The molecule has 0 saturated heterocycles. The van der Waals surface area contributed by atoms with Crippen LogP contribution in [0.25, 0.3) is 0 Å². The van der Waals surface area contributed by atoms with Crippen LogP contribution in [0.3, 0.4) is 0 Å². The highest BCUT2D eigenvalue weighted by atomic mass is 32.2. The molecule has 1 N–H and O–H groups in total. The average Bonchev–Trinajstić information content (AvgIpc) is 2.42. The van der Waals surface area contributed by atoms with Gasteiger partial charge >= 0.3 is 5.97 Å². The fourth-order valence-corrected chi connectivity index (χ4v) is 2.50. The molecule has 3 nitrogen and oxygen atoms in total. The van der Waals surface area contributed by atoms with E-state index in [1.54, 1.807) is 31.4 Å². The molecule has 5 heteroatoms. The Bertz CT molecular complexity index is 611. The van der Waals surface area contributed by atoms with Crippen LogP contribution in [0.4, 0.5) is 4.39 Å². The van der Waals surface area contributed by atoms with Crippen LogP contribution in [-0.4, -0.2) is 18.2 Å². The van der Waals surface area contributed by atoms with Gasteiger partial charge in [0.1, 0.15) is 11.6 Å². The fraction of sp³-hybridized carbons (Fsp3) is 0.133. The van der Waals surface area contributed by atoms with Crippen LogP contribution in [0.5, 0.6) is 5.75 Å². The van der Waals surface area contributed by atoms with Crippen molar-refractivity contribution < 1.29 is 19.0 Å². The molecule has 0 aliphatic rings. The van der Waals surface area contributed by atoms with Gasteiger partial charge in [0.2, 0.25) is 0 Å². The van der Waals surface area contributed by atoms with Gasteiger partial charge in [0.05, 0.1) is 13.5 Å². The number of halogens is 1. The molecule has 2 aromatic rings. The molecule has 0 spiro atoms. The van der Waals surface area contributed by atoms with E-state index in [0.717, 1.165) is 10.6 Å². The van der Waals surface area contributed by atoms with Crippen LogP contribution in [0.1, 0.15) is 5.56 Å². The molecule has 2 rings (SSSR count). The van der Waals surface area contributed by atoms with Gasteiger partial charge in [0, 0.05) is 9.79 Å². The predicted molar refractivity (Wildman–Crippen MR) is 74.9 cm³/mol. The number of methoxy groups -OCH3 is 1. The highest BCUT2D eigenvalue weighted by Crippen LogP contribution is 2.31. The third-order valence-corrected chi connectivity index (χ3v) is 3.70. The minimum Gasteiger partial charge on any atom is -0.497 e. The first-order chi connectivity index (χ1) is 9.58. The van der Waals surface area contributed by atoms with Crippen molar-refractivity contribution in [2.45, 2.75) is 16.2 Å². The van der Waals surface area contributed by atoms with Crippen LogP contribution >= 0.6 is 11.8 Å². The second-order valence-corrected chi connectivity index (χ2v) is 5.23. The molecule has 0 aliphatic heterocycles. The molecule has 0 amide bonds. The van der Waals surface area contributed by atoms with Gasteiger partial charge in [-0.2, -0.15) is 0 Å². The molecule has 0 heterocycles. The number of carboxylic acids is 1. The van der Waals surface area contributed by atoms with E-state index in [1.807, 2.05) is 12.1 Å². The minimum absolute atomic E-state index is 0.176. The fourth-order valence-electron chi connectivity index (χ4n) is 1.68. The standard InChI is InChI=1S/C15H13FO3S/c1-19-11-3-5-12(6-4-11)20-14-7-2-10(8-13(14)16)9-15(17)18/h2-8H,9H2,1H3,(H,17,18). The number of rotatable bonds is 5. The zero-order valence-electron chi connectivity index (χ0n) is 10.8. The van der Waals surface area contributed by atoms with Gasteiger partial charge in [0.15, 0.2) is 0 Å². The lowest BCUT2D eigenvalue weighted by molar-refractivity contribution is -0.136. The maximum atomic E-state index is 13.9. The number of hydrogen-bond donors (Lipinski definition) is 1. The highest BCUT2D eigenvalue weighted by Gasteiger charge is 2.08. The Morgan fingerprint density at radius 1 is 1.25 bits per heavy atom. The summed E-state index contributed by atoms with van der Waals surface area (Å²) in [5.74, 6) is -0.642. The molecule has 2 aromatic carbocycles. The van der Waals surface area contributed by atoms with E-state index >= 15 is 0 Å². The van der Waals surface area contributed by atoms with E-state index in [4.69, 9.17) is 9.84 Å². The Hall–Kier alpha value is -2.01.